The molecule has 1 heterocycles. The molecule has 1 N–H and O–H groups in total. The van der Waals surface area contributed by atoms with E-state index in [1.807, 2.05) is 33.2 Å². The average molecular weight is 247 g/mol. The van der Waals surface area contributed by atoms with Crippen LogP contribution in [0.4, 0.5) is 4.39 Å². The van der Waals surface area contributed by atoms with Gasteiger partial charge in [-0.1, -0.05) is 13.0 Å². The number of hydrogen-bond acceptors (Lipinski definition) is 2. The molecule has 18 heavy (non-hydrogen) atoms. The Hall–Kier alpha value is -1.68. The first kappa shape index (κ1) is 12.8. The smallest absolute Gasteiger partial charge is 0.127 e. The molecule has 0 radical (unpaired) electrons. The summed E-state index contributed by atoms with van der Waals surface area (Å²) in [6, 6.07) is 5.21. The first-order valence-corrected chi connectivity index (χ1v) is 6.11. The Labute approximate surface area is 107 Å². The molecule has 0 saturated heterocycles. The molecule has 0 amide bonds. The second-order valence-electron chi connectivity index (χ2n) is 4.39. The lowest BCUT2D eigenvalue weighted by Crippen LogP contribution is -2.12. The van der Waals surface area contributed by atoms with Gasteiger partial charge in [0.1, 0.15) is 5.82 Å². The van der Waals surface area contributed by atoms with Crippen LogP contribution in [0.1, 0.15) is 18.2 Å². The van der Waals surface area contributed by atoms with Gasteiger partial charge in [-0.15, -0.1) is 0 Å². The first-order valence-electron chi connectivity index (χ1n) is 6.11. The Bertz CT molecular complexity index is 546. The number of aromatic nitrogens is 2. The van der Waals surface area contributed by atoms with Gasteiger partial charge in [-0.25, -0.2) is 4.39 Å². The highest BCUT2D eigenvalue weighted by Crippen LogP contribution is 2.24. The van der Waals surface area contributed by atoms with Crippen molar-refractivity contribution < 1.29 is 4.39 Å². The molecule has 1 aromatic heterocycles. The number of aryl methyl sites for hydroxylation is 2. The second kappa shape index (κ2) is 5.31. The molecule has 0 aliphatic rings. The fourth-order valence-corrected chi connectivity index (χ4v) is 2.02. The summed E-state index contributed by atoms with van der Waals surface area (Å²) < 4.78 is 15.4. The second-order valence-corrected chi connectivity index (χ2v) is 4.39. The van der Waals surface area contributed by atoms with Crippen molar-refractivity contribution in [2.45, 2.75) is 20.4 Å². The molecular weight excluding hydrogens is 229 g/mol. The zero-order chi connectivity index (χ0) is 13.1. The quantitative estimate of drug-likeness (QED) is 0.900. The molecule has 1 aromatic carbocycles. The van der Waals surface area contributed by atoms with Gasteiger partial charge in [0.25, 0.3) is 0 Å². The molecule has 96 valence electrons. The minimum atomic E-state index is -0.166. The number of halogens is 1. The molecule has 4 heteroatoms. The van der Waals surface area contributed by atoms with Crippen molar-refractivity contribution in [3.8, 4) is 11.1 Å². The minimum absolute atomic E-state index is 0.166. The lowest BCUT2D eigenvalue weighted by atomic mass is 10.0. The van der Waals surface area contributed by atoms with Crippen LogP contribution in [0.2, 0.25) is 0 Å². The average Bonchev–Trinajstić information content (AvgIpc) is 2.67. The Morgan fingerprint density at radius 2 is 2.17 bits per heavy atom. The zero-order valence-corrected chi connectivity index (χ0v) is 11.0. The largest absolute Gasteiger partial charge is 0.313 e. The highest BCUT2D eigenvalue weighted by molar-refractivity contribution is 5.65. The van der Waals surface area contributed by atoms with E-state index in [4.69, 9.17) is 0 Å². The molecule has 0 aliphatic carbocycles. The summed E-state index contributed by atoms with van der Waals surface area (Å²) in [5.41, 5.74) is 3.71. The summed E-state index contributed by atoms with van der Waals surface area (Å²) in [6.07, 6.45) is 1.96. The van der Waals surface area contributed by atoms with Gasteiger partial charge in [0.15, 0.2) is 0 Å². The van der Waals surface area contributed by atoms with E-state index in [2.05, 4.69) is 10.4 Å². The number of nitrogens with one attached hydrogen (secondary N) is 1. The number of nitrogens with zero attached hydrogens (tertiary/aromatic N) is 2. The van der Waals surface area contributed by atoms with Crippen LogP contribution in [0, 0.1) is 12.7 Å². The van der Waals surface area contributed by atoms with E-state index in [1.165, 1.54) is 6.07 Å². The van der Waals surface area contributed by atoms with E-state index in [0.29, 0.717) is 12.1 Å². The summed E-state index contributed by atoms with van der Waals surface area (Å²) in [5, 5.41) is 7.45. The summed E-state index contributed by atoms with van der Waals surface area (Å²) in [6.45, 7) is 5.35. The van der Waals surface area contributed by atoms with Crippen LogP contribution < -0.4 is 5.32 Å². The van der Waals surface area contributed by atoms with E-state index in [0.717, 1.165) is 23.4 Å². The molecule has 0 unspecified atom stereocenters. The monoisotopic (exact) mass is 247 g/mol. The minimum Gasteiger partial charge on any atom is -0.313 e. The lowest BCUT2D eigenvalue weighted by molar-refractivity contribution is 0.593. The third kappa shape index (κ3) is 2.59. The summed E-state index contributed by atoms with van der Waals surface area (Å²) >= 11 is 0. The highest BCUT2D eigenvalue weighted by Gasteiger charge is 2.09. The van der Waals surface area contributed by atoms with E-state index < -0.39 is 0 Å². The maximum Gasteiger partial charge on any atom is 0.127 e. The number of hydrogen-bond donors (Lipinski definition) is 1. The van der Waals surface area contributed by atoms with Crippen LogP contribution in [0.25, 0.3) is 11.1 Å². The topological polar surface area (TPSA) is 29.9 Å². The number of rotatable bonds is 4. The molecular formula is C14H18FN3. The Morgan fingerprint density at radius 1 is 1.39 bits per heavy atom. The Kier molecular flexibility index (Phi) is 3.77. The van der Waals surface area contributed by atoms with Crippen molar-refractivity contribution in [2.24, 2.45) is 7.05 Å². The summed E-state index contributed by atoms with van der Waals surface area (Å²) in [5.74, 6) is -0.166. The molecule has 0 spiro atoms. The molecule has 2 aromatic rings. The maximum atomic E-state index is 13.7. The van der Waals surface area contributed by atoms with Crippen molar-refractivity contribution in [1.82, 2.24) is 15.1 Å². The molecule has 0 atom stereocenters. The Morgan fingerprint density at radius 3 is 2.78 bits per heavy atom. The molecule has 2 rings (SSSR count). The van der Waals surface area contributed by atoms with Gasteiger partial charge in [0.2, 0.25) is 0 Å². The van der Waals surface area contributed by atoms with Crippen LogP contribution in [-0.4, -0.2) is 16.3 Å². The standard InChI is InChI=1S/C14H18FN3/c1-4-16-8-12-7-11(5-6-14(12)15)13-9-18(3)17-10(13)2/h5-7,9,16H,4,8H2,1-3H3. The van der Waals surface area contributed by atoms with Gasteiger partial charge in [-0.3, -0.25) is 4.68 Å². The molecule has 0 fully saturated rings. The third-order valence-corrected chi connectivity index (χ3v) is 2.94. The van der Waals surface area contributed by atoms with Crippen molar-refractivity contribution in [1.29, 1.82) is 0 Å². The highest BCUT2D eigenvalue weighted by atomic mass is 19.1. The first-order chi connectivity index (χ1) is 8.61. The van der Waals surface area contributed by atoms with E-state index >= 15 is 0 Å². The predicted molar refractivity (Wildman–Crippen MR) is 70.7 cm³/mol. The number of benzene rings is 1. The Balaban J connectivity index is 2.37. The third-order valence-electron chi connectivity index (χ3n) is 2.94. The van der Waals surface area contributed by atoms with Crippen molar-refractivity contribution >= 4 is 0 Å². The van der Waals surface area contributed by atoms with Crippen molar-refractivity contribution in [2.75, 3.05) is 6.54 Å². The van der Waals surface area contributed by atoms with Crippen LogP contribution >= 0.6 is 0 Å². The molecule has 3 nitrogen and oxygen atoms in total. The normalized spacial score (nSPS) is 10.9. The van der Waals surface area contributed by atoms with Gasteiger partial charge < -0.3 is 5.32 Å². The fourth-order valence-electron chi connectivity index (χ4n) is 2.02. The van der Waals surface area contributed by atoms with Gasteiger partial charge in [0.05, 0.1) is 5.69 Å². The fraction of sp³-hybridized carbons (Fsp3) is 0.357. The summed E-state index contributed by atoms with van der Waals surface area (Å²) in [4.78, 5) is 0. The summed E-state index contributed by atoms with van der Waals surface area (Å²) in [7, 11) is 1.89. The van der Waals surface area contributed by atoms with Crippen LogP contribution in [0.5, 0.6) is 0 Å². The van der Waals surface area contributed by atoms with Crippen LogP contribution in [0.15, 0.2) is 24.4 Å². The lowest BCUT2D eigenvalue weighted by Gasteiger charge is -2.07. The van der Waals surface area contributed by atoms with Gasteiger partial charge >= 0.3 is 0 Å². The van der Waals surface area contributed by atoms with Gasteiger partial charge in [-0.2, -0.15) is 5.10 Å². The van der Waals surface area contributed by atoms with Crippen LogP contribution in [0.3, 0.4) is 0 Å². The van der Waals surface area contributed by atoms with E-state index in [1.54, 1.807) is 10.7 Å². The molecule has 0 saturated carbocycles. The zero-order valence-electron chi connectivity index (χ0n) is 11.0. The van der Waals surface area contributed by atoms with E-state index in [9.17, 15) is 4.39 Å². The molecule has 0 bridgehead atoms. The SMILES string of the molecule is CCNCc1cc(-c2cn(C)nc2C)ccc1F. The maximum absolute atomic E-state index is 13.7. The van der Waals surface area contributed by atoms with E-state index in [-0.39, 0.29) is 5.82 Å². The van der Waals surface area contributed by atoms with Gasteiger partial charge in [0, 0.05) is 30.9 Å². The van der Waals surface area contributed by atoms with Gasteiger partial charge in [-0.05, 0) is 31.2 Å². The molecule has 0 aliphatic heterocycles. The predicted octanol–water partition coefficient (Wildman–Crippen LogP) is 2.64. The van der Waals surface area contributed by atoms with Crippen LogP contribution in [-0.2, 0) is 13.6 Å². The van der Waals surface area contributed by atoms with Crippen molar-refractivity contribution in [3.63, 3.8) is 0 Å². The van der Waals surface area contributed by atoms with Crippen molar-refractivity contribution in [3.05, 3.63) is 41.5 Å².